The summed E-state index contributed by atoms with van der Waals surface area (Å²) in [6.45, 7) is 0. The van der Waals surface area contributed by atoms with Crippen molar-refractivity contribution in [2.24, 2.45) is 0 Å². The minimum absolute atomic E-state index is 0.179. The van der Waals surface area contributed by atoms with Crippen LogP contribution < -0.4 is 10.1 Å². The molecule has 2 rings (SSSR count). The fourth-order valence-electron chi connectivity index (χ4n) is 2.07. The second kappa shape index (κ2) is 6.33. The van der Waals surface area contributed by atoms with E-state index in [1.54, 1.807) is 31.3 Å². The topological polar surface area (TPSA) is 21.3 Å². The Hall–Kier alpha value is -1.46. The van der Waals surface area contributed by atoms with E-state index < -0.39 is 5.82 Å². The van der Waals surface area contributed by atoms with Crippen LogP contribution in [0.2, 0.25) is 0 Å². The lowest BCUT2D eigenvalue weighted by Crippen LogP contribution is -2.18. The molecule has 0 fully saturated rings. The molecule has 0 aliphatic carbocycles. The van der Waals surface area contributed by atoms with E-state index in [4.69, 9.17) is 4.74 Å². The van der Waals surface area contributed by atoms with Crippen LogP contribution >= 0.6 is 15.9 Å². The Labute approximate surface area is 124 Å². The second-order valence-electron chi connectivity index (χ2n) is 4.29. The third kappa shape index (κ3) is 2.99. The van der Waals surface area contributed by atoms with Gasteiger partial charge < -0.3 is 10.1 Å². The highest BCUT2D eigenvalue weighted by atomic mass is 79.9. The fourth-order valence-corrected chi connectivity index (χ4v) is 2.47. The van der Waals surface area contributed by atoms with Crippen LogP contribution in [0.3, 0.4) is 0 Å². The molecule has 0 bridgehead atoms. The highest BCUT2D eigenvalue weighted by molar-refractivity contribution is 9.10. The molecule has 20 heavy (non-hydrogen) atoms. The molecule has 5 heteroatoms. The molecular formula is C15H14BrF2NO. The molecule has 0 amide bonds. The maximum absolute atomic E-state index is 13.5. The summed E-state index contributed by atoms with van der Waals surface area (Å²) < 4.78 is 32.1. The zero-order chi connectivity index (χ0) is 14.7. The minimum Gasteiger partial charge on any atom is -0.494 e. The lowest BCUT2D eigenvalue weighted by atomic mass is 9.98. The van der Waals surface area contributed by atoms with Crippen molar-refractivity contribution < 1.29 is 13.5 Å². The number of hydrogen-bond donors (Lipinski definition) is 1. The third-order valence-corrected chi connectivity index (χ3v) is 3.68. The Morgan fingerprint density at radius 2 is 1.65 bits per heavy atom. The molecule has 1 unspecified atom stereocenters. The number of rotatable bonds is 4. The second-order valence-corrected chi connectivity index (χ2v) is 5.14. The summed E-state index contributed by atoms with van der Waals surface area (Å²) in [5.74, 6) is -0.546. The molecule has 1 N–H and O–H groups in total. The van der Waals surface area contributed by atoms with Crippen LogP contribution in [0, 0.1) is 11.6 Å². The van der Waals surface area contributed by atoms with E-state index in [1.165, 1.54) is 19.2 Å². The van der Waals surface area contributed by atoms with Crippen LogP contribution in [0.15, 0.2) is 40.9 Å². The molecule has 0 aromatic heterocycles. The van der Waals surface area contributed by atoms with Crippen LogP contribution in [-0.4, -0.2) is 14.2 Å². The van der Waals surface area contributed by atoms with Crippen molar-refractivity contribution in [3.05, 3.63) is 63.6 Å². The lowest BCUT2D eigenvalue weighted by Gasteiger charge is -2.18. The first-order chi connectivity index (χ1) is 9.56. The summed E-state index contributed by atoms with van der Waals surface area (Å²) in [7, 11) is 3.21. The smallest absolute Gasteiger partial charge is 0.165 e. The number of methoxy groups -OCH3 is 1. The Morgan fingerprint density at radius 1 is 1.05 bits per heavy atom. The fraction of sp³-hybridized carbons (Fsp3) is 0.200. The van der Waals surface area contributed by atoms with E-state index in [1.807, 2.05) is 0 Å². The summed E-state index contributed by atoms with van der Waals surface area (Å²) in [5.41, 5.74) is 1.71. The lowest BCUT2D eigenvalue weighted by molar-refractivity contribution is 0.385. The minimum atomic E-state index is -0.411. The normalized spacial score (nSPS) is 12.2. The van der Waals surface area contributed by atoms with Gasteiger partial charge in [-0.15, -0.1) is 0 Å². The molecule has 0 spiro atoms. The molecule has 0 radical (unpaired) electrons. The molecule has 2 aromatic carbocycles. The van der Waals surface area contributed by atoms with Gasteiger partial charge in [0.05, 0.1) is 17.6 Å². The van der Waals surface area contributed by atoms with Crippen LogP contribution in [-0.2, 0) is 0 Å². The molecule has 0 aliphatic heterocycles. The molecular weight excluding hydrogens is 328 g/mol. The van der Waals surface area contributed by atoms with Crippen molar-refractivity contribution in [2.45, 2.75) is 6.04 Å². The average molecular weight is 342 g/mol. The third-order valence-electron chi connectivity index (χ3n) is 3.07. The quantitative estimate of drug-likeness (QED) is 0.905. The maximum atomic E-state index is 13.5. The first kappa shape index (κ1) is 14.9. The van der Waals surface area contributed by atoms with Gasteiger partial charge in [-0.25, -0.2) is 8.78 Å². The van der Waals surface area contributed by atoms with E-state index in [-0.39, 0.29) is 17.6 Å². The Kier molecular flexibility index (Phi) is 4.73. The molecule has 0 saturated heterocycles. The maximum Gasteiger partial charge on any atom is 0.165 e. The summed E-state index contributed by atoms with van der Waals surface area (Å²) in [6, 6.07) is 9.27. The first-order valence-electron chi connectivity index (χ1n) is 6.02. The van der Waals surface area contributed by atoms with Crippen molar-refractivity contribution in [2.75, 3.05) is 14.2 Å². The van der Waals surface area contributed by atoms with Gasteiger partial charge in [0.15, 0.2) is 11.6 Å². The van der Waals surface area contributed by atoms with E-state index >= 15 is 0 Å². The van der Waals surface area contributed by atoms with E-state index in [0.29, 0.717) is 4.47 Å². The number of ether oxygens (including phenoxy) is 1. The molecule has 2 aromatic rings. The summed E-state index contributed by atoms with van der Waals surface area (Å²) in [4.78, 5) is 0. The van der Waals surface area contributed by atoms with Gasteiger partial charge >= 0.3 is 0 Å². The van der Waals surface area contributed by atoms with Crippen LogP contribution in [0.5, 0.6) is 5.75 Å². The molecule has 106 valence electrons. The van der Waals surface area contributed by atoms with Crippen molar-refractivity contribution in [3.63, 3.8) is 0 Å². The van der Waals surface area contributed by atoms with Gasteiger partial charge in [0, 0.05) is 0 Å². The van der Waals surface area contributed by atoms with Gasteiger partial charge in [-0.2, -0.15) is 0 Å². The van der Waals surface area contributed by atoms with Gasteiger partial charge in [0.2, 0.25) is 0 Å². The highest BCUT2D eigenvalue weighted by Crippen LogP contribution is 2.29. The number of halogens is 3. The van der Waals surface area contributed by atoms with Gasteiger partial charge in [-0.1, -0.05) is 12.1 Å². The monoisotopic (exact) mass is 341 g/mol. The number of benzene rings is 2. The molecule has 2 nitrogen and oxygen atoms in total. The van der Waals surface area contributed by atoms with Gasteiger partial charge in [0.25, 0.3) is 0 Å². The van der Waals surface area contributed by atoms with Gasteiger partial charge in [-0.3, -0.25) is 0 Å². The highest BCUT2D eigenvalue weighted by Gasteiger charge is 2.15. The van der Waals surface area contributed by atoms with E-state index in [0.717, 1.165) is 11.1 Å². The van der Waals surface area contributed by atoms with Gasteiger partial charge in [0.1, 0.15) is 5.82 Å². The summed E-state index contributed by atoms with van der Waals surface area (Å²) in [5, 5.41) is 3.13. The zero-order valence-electron chi connectivity index (χ0n) is 11.1. The largest absolute Gasteiger partial charge is 0.494 e. The van der Waals surface area contributed by atoms with Gasteiger partial charge in [-0.05, 0) is 58.4 Å². The molecule has 0 aliphatic rings. The average Bonchev–Trinajstić information content (AvgIpc) is 2.45. The van der Waals surface area contributed by atoms with Crippen LogP contribution in [0.4, 0.5) is 8.78 Å². The van der Waals surface area contributed by atoms with Crippen molar-refractivity contribution in [1.82, 2.24) is 5.32 Å². The SMILES string of the molecule is CNC(c1ccc(F)c(Br)c1)c1ccc(F)c(OC)c1. The predicted molar refractivity (Wildman–Crippen MR) is 78.0 cm³/mol. The number of nitrogens with one attached hydrogen (secondary N) is 1. The van der Waals surface area contributed by atoms with Crippen molar-refractivity contribution in [1.29, 1.82) is 0 Å². The molecule has 0 saturated carbocycles. The predicted octanol–water partition coefficient (Wildman–Crippen LogP) is 4.04. The molecule has 0 heterocycles. The van der Waals surface area contributed by atoms with Crippen LogP contribution in [0.1, 0.15) is 17.2 Å². The first-order valence-corrected chi connectivity index (χ1v) is 6.81. The van der Waals surface area contributed by atoms with Crippen molar-refractivity contribution in [3.8, 4) is 5.75 Å². The Bertz CT molecular complexity index is 619. The van der Waals surface area contributed by atoms with E-state index in [2.05, 4.69) is 21.2 Å². The molecule has 1 atom stereocenters. The summed E-state index contributed by atoms with van der Waals surface area (Å²) in [6.07, 6.45) is 0. The Morgan fingerprint density at radius 3 is 2.20 bits per heavy atom. The van der Waals surface area contributed by atoms with E-state index in [9.17, 15) is 8.78 Å². The zero-order valence-corrected chi connectivity index (χ0v) is 12.7. The standard InChI is InChI=1S/C15H14BrF2NO/c1-19-15(9-3-5-12(17)11(16)7-9)10-4-6-13(18)14(8-10)20-2/h3-8,15,19H,1-2H3. The Balaban J connectivity index is 2.43. The van der Waals surface area contributed by atoms with Crippen LogP contribution in [0.25, 0.3) is 0 Å². The van der Waals surface area contributed by atoms with Crippen molar-refractivity contribution >= 4 is 15.9 Å². The number of hydrogen-bond acceptors (Lipinski definition) is 2. The summed E-state index contributed by atoms with van der Waals surface area (Å²) >= 11 is 3.17.